The number of rotatable bonds is 2. The zero-order valence-corrected chi connectivity index (χ0v) is 7.63. The van der Waals surface area contributed by atoms with Gasteiger partial charge in [-0.05, 0) is 27.1 Å². The van der Waals surface area contributed by atoms with E-state index < -0.39 is 0 Å². The summed E-state index contributed by atoms with van der Waals surface area (Å²) in [6.45, 7) is 2.10. The molecule has 1 aliphatic heterocycles. The number of methoxy groups -OCH3 is 1. The number of ether oxygens (including phenoxy) is 1. The van der Waals surface area contributed by atoms with E-state index in [9.17, 15) is 0 Å². The van der Waals surface area contributed by atoms with Crippen LogP contribution in [0.15, 0.2) is 0 Å². The maximum absolute atomic E-state index is 5.36. The molecule has 1 saturated heterocycles. The minimum atomic E-state index is 0.360. The van der Waals surface area contributed by atoms with Gasteiger partial charge in [0.05, 0.1) is 6.10 Å². The number of nitrogens with one attached hydrogen (secondary N) is 1. The van der Waals surface area contributed by atoms with Crippen LogP contribution < -0.4 is 5.32 Å². The van der Waals surface area contributed by atoms with Gasteiger partial charge in [0, 0.05) is 19.7 Å². The highest BCUT2D eigenvalue weighted by Gasteiger charge is 2.25. The third kappa shape index (κ3) is 2.15. The fourth-order valence-corrected chi connectivity index (χ4v) is 1.65. The second-order valence-corrected chi connectivity index (χ2v) is 3.30. The number of hydrogen-bond acceptors (Lipinski definition) is 3. The zero-order valence-electron chi connectivity index (χ0n) is 7.63. The molecule has 0 bridgehead atoms. The maximum atomic E-state index is 5.36. The van der Waals surface area contributed by atoms with Crippen molar-refractivity contribution < 1.29 is 4.74 Å². The van der Waals surface area contributed by atoms with E-state index in [0.717, 1.165) is 13.1 Å². The summed E-state index contributed by atoms with van der Waals surface area (Å²) >= 11 is 0. The van der Waals surface area contributed by atoms with Gasteiger partial charge in [-0.3, -0.25) is 0 Å². The normalized spacial score (nSPS) is 32.7. The molecule has 1 N–H and O–H groups in total. The molecular formula is C8H18N2O. The molecule has 3 heteroatoms. The Balaban J connectivity index is 2.44. The third-order valence-corrected chi connectivity index (χ3v) is 2.36. The summed E-state index contributed by atoms with van der Waals surface area (Å²) < 4.78 is 5.36. The highest BCUT2D eigenvalue weighted by Crippen LogP contribution is 2.11. The van der Waals surface area contributed by atoms with Crippen LogP contribution in [0.25, 0.3) is 0 Å². The summed E-state index contributed by atoms with van der Waals surface area (Å²) in [6, 6.07) is 0.584. The van der Waals surface area contributed by atoms with E-state index in [4.69, 9.17) is 4.74 Å². The first kappa shape index (κ1) is 8.97. The van der Waals surface area contributed by atoms with Crippen molar-refractivity contribution in [2.75, 3.05) is 34.3 Å². The highest BCUT2D eigenvalue weighted by molar-refractivity contribution is 4.83. The molecule has 3 nitrogen and oxygen atoms in total. The molecule has 0 radical (unpaired) electrons. The maximum Gasteiger partial charge on any atom is 0.0850 e. The van der Waals surface area contributed by atoms with Crippen LogP contribution in [0.2, 0.25) is 0 Å². The molecule has 0 spiro atoms. The van der Waals surface area contributed by atoms with Crippen LogP contribution in [0.1, 0.15) is 6.42 Å². The number of nitrogens with zero attached hydrogens (tertiary/aromatic N) is 1. The summed E-state index contributed by atoms with van der Waals surface area (Å²) in [5, 5.41) is 3.32. The molecule has 2 unspecified atom stereocenters. The minimum absolute atomic E-state index is 0.360. The first-order valence-corrected chi connectivity index (χ1v) is 4.15. The van der Waals surface area contributed by atoms with Crippen molar-refractivity contribution in [1.82, 2.24) is 10.2 Å². The Morgan fingerprint density at radius 3 is 2.64 bits per heavy atom. The Kier molecular flexibility index (Phi) is 3.30. The molecule has 1 aliphatic rings. The predicted octanol–water partition coefficient (Wildman–Crippen LogP) is -0.0751. The molecule has 0 aromatic rings. The first-order valence-electron chi connectivity index (χ1n) is 4.15. The third-order valence-electron chi connectivity index (χ3n) is 2.36. The largest absolute Gasteiger partial charge is 0.379 e. The summed E-state index contributed by atoms with van der Waals surface area (Å²) in [5.41, 5.74) is 0. The van der Waals surface area contributed by atoms with Crippen molar-refractivity contribution in [2.45, 2.75) is 18.6 Å². The fourth-order valence-electron chi connectivity index (χ4n) is 1.65. The molecular weight excluding hydrogens is 140 g/mol. The van der Waals surface area contributed by atoms with Gasteiger partial charge in [-0.1, -0.05) is 0 Å². The molecule has 0 aliphatic carbocycles. The summed E-state index contributed by atoms with van der Waals surface area (Å²) in [6.07, 6.45) is 1.55. The Bertz CT molecular complexity index is 117. The van der Waals surface area contributed by atoms with Crippen molar-refractivity contribution in [3.8, 4) is 0 Å². The van der Waals surface area contributed by atoms with Gasteiger partial charge >= 0.3 is 0 Å². The van der Waals surface area contributed by atoms with Crippen LogP contribution in [0, 0.1) is 0 Å². The summed E-state index contributed by atoms with van der Waals surface area (Å²) in [4.78, 5) is 2.25. The molecule has 0 saturated carbocycles. The van der Waals surface area contributed by atoms with Crippen LogP contribution in [0.4, 0.5) is 0 Å². The Morgan fingerprint density at radius 1 is 1.45 bits per heavy atom. The Labute approximate surface area is 68.7 Å². The van der Waals surface area contributed by atoms with Gasteiger partial charge in [0.15, 0.2) is 0 Å². The fraction of sp³-hybridized carbons (Fsp3) is 1.00. The SMILES string of the molecule is COC1CNCCC1N(C)C. The van der Waals surface area contributed by atoms with Crippen LogP contribution in [-0.2, 0) is 4.74 Å². The molecule has 1 heterocycles. The first-order chi connectivity index (χ1) is 5.25. The van der Waals surface area contributed by atoms with E-state index in [-0.39, 0.29) is 0 Å². The lowest BCUT2D eigenvalue weighted by atomic mass is 10.0. The second-order valence-electron chi connectivity index (χ2n) is 3.30. The van der Waals surface area contributed by atoms with Crippen molar-refractivity contribution in [2.24, 2.45) is 0 Å². The standard InChI is InChI=1S/C8H18N2O/c1-10(2)7-4-5-9-6-8(7)11-3/h7-9H,4-6H2,1-3H3. The zero-order chi connectivity index (χ0) is 8.27. The van der Waals surface area contributed by atoms with E-state index in [2.05, 4.69) is 24.3 Å². The van der Waals surface area contributed by atoms with E-state index >= 15 is 0 Å². The molecule has 0 amide bonds. The van der Waals surface area contributed by atoms with E-state index in [0.29, 0.717) is 12.1 Å². The lowest BCUT2D eigenvalue weighted by Gasteiger charge is -2.35. The van der Waals surface area contributed by atoms with Gasteiger partial charge < -0.3 is 15.0 Å². The number of likely N-dealkylation sites (N-methyl/N-ethyl adjacent to an activating group) is 1. The van der Waals surface area contributed by atoms with Gasteiger partial charge in [0.1, 0.15) is 0 Å². The van der Waals surface area contributed by atoms with Gasteiger partial charge in [0.2, 0.25) is 0 Å². The average molecular weight is 158 g/mol. The van der Waals surface area contributed by atoms with Crippen molar-refractivity contribution >= 4 is 0 Å². The van der Waals surface area contributed by atoms with Crippen LogP contribution in [0.3, 0.4) is 0 Å². The lowest BCUT2D eigenvalue weighted by Crippen LogP contribution is -2.51. The van der Waals surface area contributed by atoms with Gasteiger partial charge in [-0.15, -0.1) is 0 Å². The molecule has 1 rings (SSSR count). The van der Waals surface area contributed by atoms with E-state index in [1.165, 1.54) is 6.42 Å². The Hall–Kier alpha value is -0.120. The van der Waals surface area contributed by atoms with Gasteiger partial charge in [0.25, 0.3) is 0 Å². The molecule has 0 aromatic carbocycles. The summed E-state index contributed by atoms with van der Waals surface area (Å²) in [5.74, 6) is 0. The smallest absolute Gasteiger partial charge is 0.0850 e. The van der Waals surface area contributed by atoms with Crippen LogP contribution >= 0.6 is 0 Å². The monoisotopic (exact) mass is 158 g/mol. The Morgan fingerprint density at radius 2 is 2.18 bits per heavy atom. The quantitative estimate of drug-likeness (QED) is 0.608. The highest BCUT2D eigenvalue weighted by atomic mass is 16.5. The van der Waals surface area contributed by atoms with Crippen molar-refractivity contribution in [3.05, 3.63) is 0 Å². The number of piperidine rings is 1. The molecule has 2 atom stereocenters. The van der Waals surface area contributed by atoms with Crippen molar-refractivity contribution in [3.63, 3.8) is 0 Å². The van der Waals surface area contributed by atoms with E-state index in [1.54, 1.807) is 7.11 Å². The van der Waals surface area contributed by atoms with Crippen LogP contribution in [0.5, 0.6) is 0 Å². The number of hydrogen-bond donors (Lipinski definition) is 1. The molecule has 0 aromatic heterocycles. The lowest BCUT2D eigenvalue weighted by molar-refractivity contribution is 0.0157. The minimum Gasteiger partial charge on any atom is -0.379 e. The molecule has 11 heavy (non-hydrogen) atoms. The van der Waals surface area contributed by atoms with Gasteiger partial charge in [-0.25, -0.2) is 0 Å². The van der Waals surface area contributed by atoms with Gasteiger partial charge in [-0.2, -0.15) is 0 Å². The summed E-state index contributed by atoms with van der Waals surface area (Å²) in [7, 11) is 6.01. The topological polar surface area (TPSA) is 24.5 Å². The average Bonchev–Trinajstić information content (AvgIpc) is 2.04. The van der Waals surface area contributed by atoms with Crippen LogP contribution in [-0.4, -0.2) is 51.3 Å². The second kappa shape index (κ2) is 4.04. The molecule has 66 valence electrons. The predicted molar refractivity (Wildman–Crippen MR) is 45.8 cm³/mol. The van der Waals surface area contributed by atoms with E-state index in [1.807, 2.05) is 0 Å². The molecule has 1 fully saturated rings. The van der Waals surface area contributed by atoms with Crippen molar-refractivity contribution in [1.29, 1.82) is 0 Å².